The number of fused-ring (bicyclic) bond motifs is 4. The molecule has 1 fully saturated rings. The van der Waals surface area contributed by atoms with Crippen LogP contribution in [0.2, 0.25) is 0 Å². The van der Waals surface area contributed by atoms with E-state index >= 15 is 0 Å². The van der Waals surface area contributed by atoms with Gasteiger partial charge in [0.2, 0.25) is 0 Å². The van der Waals surface area contributed by atoms with E-state index in [9.17, 15) is 9.59 Å². The second-order valence-corrected chi connectivity index (χ2v) is 7.68. The molecule has 1 aromatic carbocycles. The number of benzene rings is 1. The van der Waals surface area contributed by atoms with Gasteiger partial charge in [-0.1, -0.05) is 0 Å². The summed E-state index contributed by atoms with van der Waals surface area (Å²) in [4.78, 5) is 27.2. The molecule has 2 aromatic heterocycles. The molecule has 0 unspecified atom stereocenters. The normalized spacial score (nSPS) is 19.9. The van der Waals surface area contributed by atoms with E-state index in [0.717, 1.165) is 42.0 Å². The monoisotopic (exact) mass is 390 g/mol. The molecule has 0 radical (unpaired) electrons. The van der Waals surface area contributed by atoms with Gasteiger partial charge in [0.25, 0.3) is 11.5 Å². The standard InChI is InChI=1S/C22H22N4O3/c1-24-10-9-14(11-21(24)27)22(28)25-16-5-8-19(25)18-13-23-26(20(18)12-16)15-3-6-17(29-2)7-4-15/h3-4,6-7,9-11,13,16,19H,5,8,12H2,1-2H3/t16-,19-/m1/s1. The van der Waals surface area contributed by atoms with Gasteiger partial charge in [0.05, 0.1) is 30.7 Å². The number of carbonyl (C=O) groups excluding carboxylic acids is 1. The topological polar surface area (TPSA) is 69.4 Å². The van der Waals surface area contributed by atoms with Gasteiger partial charge in [-0.3, -0.25) is 9.59 Å². The first-order valence-electron chi connectivity index (χ1n) is 9.77. The number of hydrogen-bond donors (Lipinski definition) is 0. The van der Waals surface area contributed by atoms with Gasteiger partial charge in [-0.2, -0.15) is 5.10 Å². The van der Waals surface area contributed by atoms with E-state index in [1.807, 2.05) is 40.0 Å². The van der Waals surface area contributed by atoms with Gasteiger partial charge >= 0.3 is 0 Å². The molecule has 3 aromatic rings. The van der Waals surface area contributed by atoms with Crippen LogP contribution in [0.4, 0.5) is 0 Å². The van der Waals surface area contributed by atoms with Crippen LogP contribution in [0.15, 0.2) is 53.6 Å². The van der Waals surface area contributed by atoms with Crippen molar-refractivity contribution < 1.29 is 9.53 Å². The van der Waals surface area contributed by atoms with Crippen molar-refractivity contribution in [2.24, 2.45) is 7.05 Å². The molecular formula is C22H22N4O3. The first-order chi connectivity index (χ1) is 14.1. The molecule has 5 rings (SSSR count). The zero-order chi connectivity index (χ0) is 20.1. The van der Waals surface area contributed by atoms with Gasteiger partial charge in [-0.05, 0) is 43.2 Å². The highest BCUT2D eigenvalue weighted by molar-refractivity contribution is 5.95. The number of ether oxygens (including phenoxy) is 1. The molecule has 29 heavy (non-hydrogen) atoms. The Morgan fingerprint density at radius 2 is 1.97 bits per heavy atom. The van der Waals surface area contributed by atoms with Gasteiger partial charge in [0.1, 0.15) is 5.75 Å². The highest BCUT2D eigenvalue weighted by Crippen LogP contribution is 2.44. The first kappa shape index (κ1) is 17.7. The number of aromatic nitrogens is 3. The maximum Gasteiger partial charge on any atom is 0.254 e. The molecule has 1 saturated heterocycles. The van der Waals surface area contributed by atoms with E-state index < -0.39 is 0 Å². The van der Waals surface area contributed by atoms with Crippen LogP contribution in [-0.4, -0.2) is 38.3 Å². The summed E-state index contributed by atoms with van der Waals surface area (Å²) in [5.41, 5.74) is 3.53. The van der Waals surface area contributed by atoms with Crippen LogP contribution in [-0.2, 0) is 13.5 Å². The van der Waals surface area contributed by atoms with Gasteiger partial charge in [0, 0.05) is 42.9 Å². The summed E-state index contributed by atoms with van der Waals surface area (Å²) < 4.78 is 8.69. The van der Waals surface area contributed by atoms with E-state index in [2.05, 4.69) is 5.10 Å². The van der Waals surface area contributed by atoms with Crippen molar-refractivity contribution in [2.75, 3.05) is 7.11 Å². The number of carbonyl (C=O) groups is 1. The third kappa shape index (κ3) is 2.76. The highest BCUT2D eigenvalue weighted by Gasteiger charge is 2.44. The van der Waals surface area contributed by atoms with Crippen LogP contribution in [0, 0.1) is 0 Å². The molecule has 0 N–H and O–H groups in total. The molecule has 0 saturated carbocycles. The van der Waals surface area contributed by atoms with Crippen molar-refractivity contribution in [2.45, 2.75) is 31.3 Å². The molecule has 2 atom stereocenters. The Bertz CT molecular complexity index is 1150. The van der Waals surface area contributed by atoms with E-state index in [1.165, 1.54) is 10.6 Å². The van der Waals surface area contributed by atoms with Gasteiger partial charge in [-0.15, -0.1) is 0 Å². The van der Waals surface area contributed by atoms with Gasteiger partial charge in [0.15, 0.2) is 0 Å². The van der Waals surface area contributed by atoms with Crippen molar-refractivity contribution >= 4 is 5.91 Å². The third-order valence-corrected chi connectivity index (χ3v) is 6.09. The molecule has 0 spiro atoms. The van der Waals surface area contributed by atoms with Crippen LogP contribution in [0.3, 0.4) is 0 Å². The molecule has 148 valence electrons. The average molecular weight is 390 g/mol. The van der Waals surface area contributed by atoms with Crippen LogP contribution < -0.4 is 10.3 Å². The lowest BCUT2D eigenvalue weighted by atomic mass is 9.98. The lowest BCUT2D eigenvalue weighted by molar-refractivity contribution is 0.0644. The maximum atomic E-state index is 13.2. The fourth-order valence-electron chi connectivity index (χ4n) is 4.56. The zero-order valence-corrected chi connectivity index (χ0v) is 16.4. The summed E-state index contributed by atoms with van der Waals surface area (Å²) >= 11 is 0. The number of hydrogen-bond acceptors (Lipinski definition) is 4. The lowest BCUT2D eigenvalue weighted by Crippen LogP contribution is -2.42. The smallest absolute Gasteiger partial charge is 0.254 e. The number of rotatable bonds is 3. The fraction of sp³-hybridized carbons (Fsp3) is 0.318. The van der Waals surface area contributed by atoms with Crippen molar-refractivity contribution in [3.63, 3.8) is 0 Å². The summed E-state index contributed by atoms with van der Waals surface area (Å²) in [5.74, 6) is 0.735. The zero-order valence-electron chi connectivity index (χ0n) is 16.4. The highest BCUT2D eigenvalue weighted by atomic mass is 16.5. The van der Waals surface area contributed by atoms with Crippen LogP contribution >= 0.6 is 0 Å². The summed E-state index contributed by atoms with van der Waals surface area (Å²) in [6.45, 7) is 0. The van der Waals surface area contributed by atoms with Gasteiger partial charge < -0.3 is 14.2 Å². The molecule has 7 nitrogen and oxygen atoms in total. The minimum absolute atomic E-state index is 0.00677. The Hall–Kier alpha value is -3.35. The predicted molar refractivity (Wildman–Crippen MR) is 107 cm³/mol. The summed E-state index contributed by atoms with van der Waals surface area (Å²) in [6, 6.07) is 11.1. The Balaban J connectivity index is 1.49. The molecule has 2 bridgehead atoms. The van der Waals surface area contributed by atoms with Crippen LogP contribution in [0.1, 0.15) is 40.5 Å². The molecule has 7 heteroatoms. The predicted octanol–water partition coefficient (Wildman–Crippen LogP) is 2.48. The third-order valence-electron chi connectivity index (χ3n) is 6.09. The Morgan fingerprint density at radius 1 is 1.17 bits per heavy atom. The average Bonchev–Trinajstić information content (AvgIpc) is 3.30. The van der Waals surface area contributed by atoms with Crippen molar-refractivity contribution in [1.29, 1.82) is 0 Å². The molecular weight excluding hydrogens is 368 g/mol. The number of methoxy groups -OCH3 is 1. The van der Waals surface area contributed by atoms with Crippen molar-refractivity contribution in [3.8, 4) is 11.4 Å². The molecule has 2 aliphatic heterocycles. The number of amides is 1. The van der Waals surface area contributed by atoms with E-state index in [0.29, 0.717) is 5.56 Å². The van der Waals surface area contributed by atoms with E-state index in [1.54, 1.807) is 26.4 Å². The quantitative estimate of drug-likeness (QED) is 0.689. The van der Waals surface area contributed by atoms with E-state index in [-0.39, 0.29) is 23.6 Å². The first-order valence-corrected chi connectivity index (χ1v) is 9.77. The number of pyridine rings is 1. The van der Waals surface area contributed by atoms with Gasteiger partial charge in [-0.25, -0.2) is 4.68 Å². The Labute approximate surface area is 168 Å². The minimum atomic E-state index is -0.173. The van der Waals surface area contributed by atoms with Crippen molar-refractivity contribution in [3.05, 3.63) is 76.0 Å². The Morgan fingerprint density at radius 3 is 2.69 bits per heavy atom. The summed E-state index contributed by atoms with van der Waals surface area (Å²) in [5, 5.41) is 4.62. The Kier molecular flexibility index (Phi) is 4.04. The lowest BCUT2D eigenvalue weighted by Gasteiger charge is -2.35. The minimum Gasteiger partial charge on any atom is -0.497 e. The molecule has 1 amide bonds. The van der Waals surface area contributed by atoms with Crippen LogP contribution in [0.25, 0.3) is 5.69 Å². The SMILES string of the molecule is COc1ccc(-n2ncc3c2C[C@H]2CC[C@H]3N2C(=O)c2ccn(C)c(=O)c2)cc1. The fourth-order valence-corrected chi connectivity index (χ4v) is 4.56. The molecule has 0 aliphatic carbocycles. The maximum absolute atomic E-state index is 13.2. The second-order valence-electron chi connectivity index (χ2n) is 7.68. The van der Waals surface area contributed by atoms with E-state index in [4.69, 9.17) is 4.74 Å². The van der Waals surface area contributed by atoms with Crippen molar-refractivity contribution in [1.82, 2.24) is 19.2 Å². The summed E-state index contributed by atoms with van der Waals surface area (Å²) in [6.07, 6.45) is 6.17. The number of nitrogens with zero attached hydrogens (tertiary/aromatic N) is 4. The largest absolute Gasteiger partial charge is 0.497 e. The van der Waals surface area contributed by atoms with Crippen LogP contribution in [0.5, 0.6) is 5.75 Å². The second kappa shape index (κ2) is 6.62. The number of aryl methyl sites for hydroxylation is 1. The summed E-state index contributed by atoms with van der Waals surface area (Å²) in [7, 11) is 3.33. The molecule has 2 aliphatic rings. The molecule has 4 heterocycles.